The number of carbonyl (C=O) groups is 2. The summed E-state index contributed by atoms with van der Waals surface area (Å²) in [5, 5.41) is 8.58. The molecule has 1 atom stereocenters. The highest BCUT2D eigenvalue weighted by atomic mass is 79.9. The molecule has 6 nitrogen and oxygen atoms in total. The van der Waals surface area contributed by atoms with Gasteiger partial charge in [-0.3, -0.25) is 9.59 Å². The predicted octanol–water partition coefficient (Wildman–Crippen LogP) is 0.705. The second kappa shape index (κ2) is 9.78. The Kier molecular flexibility index (Phi) is 8.40. The molecule has 0 bridgehead atoms. The fourth-order valence-electron chi connectivity index (χ4n) is 1.91. The zero-order valence-electron chi connectivity index (χ0n) is 11.9. The van der Waals surface area contributed by atoms with Gasteiger partial charge in [0.1, 0.15) is 6.10 Å². The molecule has 22 heavy (non-hydrogen) atoms. The van der Waals surface area contributed by atoms with Gasteiger partial charge < -0.3 is 20.7 Å². The number of halogens is 2. The lowest BCUT2D eigenvalue weighted by atomic mass is 10.2. The van der Waals surface area contributed by atoms with E-state index in [2.05, 4.69) is 31.9 Å². The van der Waals surface area contributed by atoms with E-state index in [-0.39, 0.29) is 24.2 Å². The molecule has 1 aromatic rings. The maximum atomic E-state index is 11.8. The largest absolute Gasteiger partial charge is 0.366 e. The van der Waals surface area contributed by atoms with Gasteiger partial charge in [0, 0.05) is 36.2 Å². The standard InChI is InChI=1S/C14H18BrN3O3.ClH/c15-11-3-1-10(2-4-11)13(19)17-5-6-18-14(20)12-9-16-7-8-21-12;/h1-4,12,16H,5-9H2,(H,17,19)(H,18,20);1H. The zero-order valence-corrected chi connectivity index (χ0v) is 14.3. The number of rotatable bonds is 5. The number of ether oxygens (including phenoxy) is 1. The number of benzene rings is 1. The second-order valence-electron chi connectivity index (χ2n) is 4.62. The summed E-state index contributed by atoms with van der Waals surface area (Å²) < 4.78 is 6.26. The van der Waals surface area contributed by atoms with Gasteiger partial charge in [-0.1, -0.05) is 15.9 Å². The van der Waals surface area contributed by atoms with Crippen LogP contribution >= 0.6 is 28.3 Å². The van der Waals surface area contributed by atoms with Crippen LogP contribution in [0, 0.1) is 0 Å². The smallest absolute Gasteiger partial charge is 0.251 e. The lowest BCUT2D eigenvalue weighted by molar-refractivity contribution is -0.134. The van der Waals surface area contributed by atoms with Crippen LogP contribution in [-0.2, 0) is 9.53 Å². The van der Waals surface area contributed by atoms with E-state index in [0.717, 1.165) is 11.0 Å². The first-order valence-corrected chi connectivity index (χ1v) is 7.60. The molecule has 0 spiro atoms. The number of nitrogens with one attached hydrogen (secondary N) is 3. The highest BCUT2D eigenvalue weighted by Gasteiger charge is 2.20. The van der Waals surface area contributed by atoms with Gasteiger partial charge >= 0.3 is 0 Å². The highest BCUT2D eigenvalue weighted by Crippen LogP contribution is 2.10. The molecule has 1 aliphatic heterocycles. The summed E-state index contributed by atoms with van der Waals surface area (Å²) in [4.78, 5) is 23.6. The predicted molar refractivity (Wildman–Crippen MR) is 89.3 cm³/mol. The maximum Gasteiger partial charge on any atom is 0.251 e. The van der Waals surface area contributed by atoms with Gasteiger partial charge in [0.15, 0.2) is 0 Å². The van der Waals surface area contributed by atoms with Crippen molar-refractivity contribution in [3.63, 3.8) is 0 Å². The molecule has 0 aliphatic carbocycles. The first kappa shape index (κ1) is 18.9. The quantitative estimate of drug-likeness (QED) is 0.645. The molecule has 1 aromatic carbocycles. The normalized spacial score (nSPS) is 17.2. The van der Waals surface area contributed by atoms with Gasteiger partial charge in [-0.25, -0.2) is 0 Å². The van der Waals surface area contributed by atoms with Gasteiger partial charge in [0.05, 0.1) is 6.61 Å². The molecule has 2 rings (SSSR count). The highest BCUT2D eigenvalue weighted by molar-refractivity contribution is 9.10. The molecule has 1 aliphatic rings. The van der Waals surface area contributed by atoms with E-state index in [0.29, 0.717) is 31.8 Å². The minimum absolute atomic E-state index is 0. The monoisotopic (exact) mass is 391 g/mol. The third-order valence-corrected chi connectivity index (χ3v) is 3.56. The lowest BCUT2D eigenvalue weighted by Crippen LogP contribution is -2.49. The number of hydrogen-bond acceptors (Lipinski definition) is 4. The van der Waals surface area contributed by atoms with Crippen LogP contribution in [0.2, 0.25) is 0 Å². The first-order chi connectivity index (χ1) is 10.2. The van der Waals surface area contributed by atoms with Crippen LogP contribution in [-0.4, -0.2) is 50.7 Å². The van der Waals surface area contributed by atoms with Crippen molar-refractivity contribution in [3.8, 4) is 0 Å². The summed E-state index contributed by atoms with van der Waals surface area (Å²) in [6.45, 7) is 2.59. The van der Waals surface area contributed by atoms with Gasteiger partial charge in [-0.05, 0) is 24.3 Å². The van der Waals surface area contributed by atoms with E-state index in [4.69, 9.17) is 4.74 Å². The van der Waals surface area contributed by atoms with E-state index < -0.39 is 6.10 Å². The SMILES string of the molecule is Cl.O=C(NCCNC(=O)C1CNCCO1)c1ccc(Br)cc1. The Morgan fingerprint density at radius 3 is 2.55 bits per heavy atom. The molecule has 1 heterocycles. The molecule has 1 saturated heterocycles. The molecule has 3 N–H and O–H groups in total. The number of hydrogen-bond donors (Lipinski definition) is 3. The third kappa shape index (κ3) is 5.92. The Bertz CT molecular complexity index is 493. The molecule has 122 valence electrons. The van der Waals surface area contributed by atoms with Gasteiger partial charge in [-0.15, -0.1) is 12.4 Å². The molecular weight excluding hydrogens is 374 g/mol. The molecule has 1 fully saturated rings. The Morgan fingerprint density at radius 1 is 1.23 bits per heavy atom. The molecule has 0 saturated carbocycles. The zero-order chi connectivity index (χ0) is 15.1. The van der Waals surface area contributed by atoms with Crippen LogP contribution in [0.3, 0.4) is 0 Å². The average molecular weight is 393 g/mol. The summed E-state index contributed by atoms with van der Waals surface area (Å²) in [6.07, 6.45) is -0.444. The Labute approximate surface area is 143 Å². The molecule has 2 amide bonds. The third-order valence-electron chi connectivity index (χ3n) is 3.04. The molecule has 8 heteroatoms. The summed E-state index contributed by atoms with van der Waals surface area (Å²) in [6, 6.07) is 7.09. The summed E-state index contributed by atoms with van der Waals surface area (Å²) in [5.74, 6) is -0.313. The van der Waals surface area contributed by atoms with Crippen molar-refractivity contribution in [3.05, 3.63) is 34.3 Å². The van der Waals surface area contributed by atoms with Crippen LogP contribution in [0.5, 0.6) is 0 Å². The van der Waals surface area contributed by atoms with E-state index in [1.165, 1.54) is 0 Å². The molecular formula is C14H19BrClN3O3. The number of amides is 2. The van der Waals surface area contributed by atoms with Crippen molar-refractivity contribution in [1.29, 1.82) is 0 Å². The van der Waals surface area contributed by atoms with E-state index >= 15 is 0 Å². The van der Waals surface area contributed by atoms with Crippen LogP contribution in [0.1, 0.15) is 10.4 Å². The number of morpholine rings is 1. The molecule has 1 unspecified atom stereocenters. The second-order valence-corrected chi connectivity index (χ2v) is 5.53. The van der Waals surface area contributed by atoms with Crippen LogP contribution in [0.25, 0.3) is 0 Å². The van der Waals surface area contributed by atoms with E-state index in [1.54, 1.807) is 12.1 Å². The average Bonchev–Trinajstić information content (AvgIpc) is 2.52. The Balaban J connectivity index is 0.00000242. The van der Waals surface area contributed by atoms with E-state index in [1.807, 2.05) is 12.1 Å². The minimum Gasteiger partial charge on any atom is -0.366 e. The first-order valence-electron chi connectivity index (χ1n) is 6.80. The summed E-state index contributed by atoms with van der Waals surface area (Å²) in [7, 11) is 0. The number of carbonyl (C=O) groups excluding carboxylic acids is 2. The van der Waals surface area contributed by atoms with Crippen LogP contribution in [0.15, 0.2) is 28.7 Å². The minimum atomic E-state index is -0.444. The van der Waals surface area contributed by atoms with E-state index in [9.17, 15) is 9.59 Å². The lowest BCUT2D eigenvalue weighted by Gasteiger charge is -2.22. The maximum absolute atomic E-state index is 11.8. The van der Waals surface area contributed by atoms with Crippen LogP contribution < -0.4 is 16.0 Å². The fourth-order valence-corrected chi connectivity index (χ4v) is 2.18. The fraction of sp³-hybridized carbons (Fsp3) is 0.429. The summed E-state index contributed by atoms with van der Waals surface area (Å²) in [5.41, 5.74) is 0.587. The van der Waals surface area contributed by atoms with Crippen molar-refractivity contribution in [2.75, 3.05) is 32.8 Å². The Hall–Kier alpha value is -1.15. The molecule has 0 aromatic heterocycles. The van der Waals surface area contributed by atoms with Gasteiger partial charge in [0.25, 0.3) is 11.8 Å². The van der Waals surface area contributed by atoms with Crippen molar-refractivity contribution < 1.29 is 14.3 Å². The van der Waals surface area contributed by atoms with Crippen molar-refractivity contribution in [2.24, 2.45) is 0 Å². The van der Waals surface area contributed by atoms with Crippen molar-refractivity contribution in [2.45, 2.75) is 6.10 Å². The molecule has 0 radical (unpaired) electrons. The van der Waals surface area contributed by atoms with Crippen molar-refractivity contribution >= 4 is 40.2 Å². The summed E-state index contributed by atoms with van der Waals surface area (Å²) >= 11 is 3.32. The Morgan fingerprint density at radius 2 is 1.91 bits per heavy atom. The van der Waals surface area contributed by atoms with Crippen LogP contribution in [0.4, 0.5) is 0 Å². The van der Waals surface area contributed by atoms with Gasteiger partial charge in [-0.2, -0.15) is 0 Å². The topological polar surface area (TPSA) is 79.5 Å². The van der Waals surface area contributed by atoms with Gasteiger partial charge in [0.2, 0.25) is 0 Å². The van der Waals surface area contributed by atoms with Crippen molar-refractivity contribution in [1.82, 2.24) is 16.0 Å².